The molecule has 1 atom stereocenters. The third-order valence-electron chi connectivity index (χ3n) is 3.19. The molecule has 19 heavy (non-hydrogen) atoms. The summed E-state index contributed by atoms with van der Waals surface area (Å²) in [5, 5.41) is 3.11. The highest BCUT2D eigenvalue weighted by molar-refractivity contribution is 7.16. The predicted octanol–water partition coefficient (Wildman–Crippen LogP) is 1.59. The highest BCUT2D eigenvalue weighted by Crippen LogP contribution is 2.29. The Hall–Kier alpha value is -1.44. The van der Waals surface area contributed by atoms with E-state index in [1.807, 2.05) is 5.38 Å². The van der Waals surface area contributed by atoms with Crippen LogP contribution in [0.3, 0.4) is 0 Å². The van der Waals surface area contributed by atoms with Gasteiger partial charge in [-0.2, -0.15) is 4.98 Å². The fourth-order valence-electron chi connectivity index (χ4n) is 2.33. The Bertz CT molecular complexity index is 572. The van der Waals surface area contributed by atoms with Gasteiger partial charge in [0.15, 0.2) is 0 Å². The van der Waals surface area contributed by atoms with Gasteiger partial charge in [0.2, 0.25) is 5.95 Å². The van der Waals surface area contributed by atoms with E-state index in [-0.39, 0.29) is 6.10 Å². The molecule has 1 aliphatic heterocycles. The fraction of sp³-hybridized carbons (Fsp3) is 0.500. The molecule has 0 amide bonds. The summed E-state index contributed by atoms with van der Waals surface area (Å²) >= 11 is 1.60. The predicted molar refractivity (Wildman–Crippen MR) is 77.5 cm³/mol. The van der Waals surface area contributed by atoms with Crippen molar-refractivity contribution >= 4 is 33.3 Å². The lowest BCUT2D eigenvalue weighted by Gasteiger charge is -2.24. The van der Waals surface area contributed by atoms with Gasteiger partial charge in [-0.25, -0.2) is 10.8 Å². The minimum atomic E-state index is 0.209. The number of aromatic nitrogens is 2. The number of nitrogens with one attached hydrogen (secondary N) is 1. The molecular weight excluding hydrogens is 262 g/mol. The van der Waals surface area contributed by atoms with E-state index in [0.29, 0.717) is 5.95 Å². The Kier molecular flexibility index (Phi) is 3.50. The summed E-state index contributed by atoms with van der Waals surface area (Å²) < 4.78 is 5.68. The van der Waals surface area contributed by atoms with E-state index in [1.165, 1.54) is 0 Å². The molecule has 1 unspecified atom stereocenters. The van der Waals surface area contributed by atoms with Crippen LogP contribution in [-0.2, 0) is 4.74 Å². The van der Waals surface area contributed by atoms with Crippen LogP contribution in [0.15, 0.2) is 11.4 Å². The molecule has 1 aliphatic rings. The van der Waals surface area contributed by atoms with Crippen molar-refractivity contribution in [3.05, 3.63) is 11.4 Å². The van der Waals surface area contributed by atoms with Crippen LogP contribution in [0, 0.1) is 0 Å². The lowest BCUT2D eigenvalue weighted by Crippen LogP contribution is -2.31. The highest BCUT2D eigenvalue weighted by atomic mass is 32.1. The van der Waals surface area contributed by atoms with Crippen molar-refractivity contribution in [1.29, 1.82) is 0 Å². The molecule has 3 rings (SSSR count). The molecule has 0 aromatic carbocycles. The zero-order valence-electron chi connectivity index (χ0n) is 10.8. The maximum atomic E-state index is 5.68. The molecule has 6 nitrogen and oxygen atoms in total. The molecule has 0 saturated carbocycles. The van der Waals surface area contributed by atoms with Gasteiger partial charge in [0, 0.05) is 19.7 Å². The SMILES string of the molecule is CC1CN(c2nc(NN)nc3sccc23)CCCO1. The molecule has 3 heterocycles. The molecule has 0 radical (unpaired) electrons. The van der Waals surface area contributed by atoms with E-state index in [9.17, 15) is 0 Å². The molecule has 1 fully saturated rings. The lowest BCUT2D eigenvalue weighted by molar-refractivity contribution is 0.0820. The van der Waals surface area contributed by atoms with Crippen LogP contribution < -0.4 is 16.2 Å². The largest absolute Gasteiger partial charge is 0.377 e. The molecule has 0 aliphatic carbocycles. The number of rotatable bonds is 2. The van der Waals surface area contributed by atoms with Crippen LogP contribution in [0.4, 0.5) is 11.8 Å². The van der Waals surface area contributed by atoms with E-state index in [2.05, 4.69) is 33.3 Å². The number of hydrogen-bond donors (Lipinski definition) is 2. The van der Waals surface area contributed by atoms with E-state index in [4.69, 9.17) is 10.6 Å². The molecular formula is C12H17N5OS. The van der Waals surface area contributed by atoms with E-state index in [0.717, 1.165) is 42.2 Å². The monoisotopic (exact) mass is 279 g/mol. The summed E-state index contributed by atoms with van der Waals surface area (Å²) in [5.41, 5.74) is 2.54. The molecule has 2 aromatic heterocycles. The summed E-state index contributed by atoms with van der Waals surface area (Å²) in [6.45, 7) is 4.67. The number of nitrogens with zero attached hydrogens (tertiary/aromatic N) is 3. The number of ether oxygens (including phenoxy) is 1. The van der Waals surface area contributed by atoms with Gasteiger partial charge in [0.05, 0.1) is 11.5 Å². The second-order valence-corrected chi connectivity index (χ2v) is 5.53. The van der Waals surface area contributed by atoms with Crippen LogP contribution in [0.5, 0.6) is 0 Å². The van der Waals surface area contributed by atoms with Crippen molar-refractivity contribution in [3.8, 4) is 0 Å². The minimum Gasteiger partial charge on any atom is -0.377 e. The first-order chi connectivity index (χ1) is 9.28. The van der Waals surface area contributed by atoms with Crippen LogP contribution in [0.25, 0.3) is 10.2 Å². The van der Waals surface area contributed by atoms with Crippen molar-refractivity contribution in [2.24, 2.45) is 5.84 Å². The fourth-order valence-corrected chi connectivity index (χ4v) is 3.09. The summed E-state index contributed by atoms with van der Waals surface area (Å²) in [5.74, 6) is 6.85. The minimum absolute atomic E-state index is 0.209. The molecule has 102 valence electrons. The molecule has 7 heteroatoms. The first-order valence-electron chi connectivity index (χ1n) is 6.36. The van der Waals surface area contributed by atoms with Crippen molar-refractivity contribution in [2.75, 3.05) is 30.0 Å². The van der Waals surface area contributed by atoms with Crippen molar-refractivity contribution in [2.45, 2.75) is 19.4 Å². The Morgan fingerprint density at radius 1 is 1.53 bits per heavy atom. The summed E-state index contributed by atoms with van der Waals surface area (Å²) in [6.07, 6.45) is 1.21. The quantitative estimate of drug-likeness (QED) is 0.642. The number of hydrazine groups is 1. The van der Waals surface area contributed by atoms with Gasteiger partial charge in [-0.1, -0.05) is 0 Å². The molecule has 0 spiro atoms. The van der Waals surface area contributed by atoms with Crippen molar-refractivity contribution in [1.82, 2.24) is 9.97 Å². The van der Waals surface area contributed by atoms with Crippen molar-refractivity contribution in [3.63, 3.8) is 0 Å². The third kappa shape index (κ3) is 2.49. The summed E-state index contributed by atoms with van der Waals surface area (Å²) in [7, 11) is 0. The maximum Gasteiger partial charge on any atom is 0.240 e. The average Bonchev–Trinajstić information content (AvgIpc) is 2.79. The van der Waals surface area contributed by atoms with Gasteiger partial charge in [0.25, 0.3) is 0 Å². The Labute approximate surface area is 115 Å². The van der Waals surface area contributed by atoms with Crippen molar-refractivity contribution < 1.29 is 4.74 Å². The van der Waals surface area contributed by atoms with Gasteiger partial charge in [-0.05, 0) is 24.8 Å². The molecule has 3 N–H and O–H groups in total. The summed E-state index contributed by atoms with van der Waals surface area (Å²) in [6, 6.07) is 2.06. The first kappa shape index (κ1) is 12.6. The number of fused-ring (bicyclic) bond motifs is 1. The van der Waals surface area contributed by atoms with E-state index >= 15 is 0 Å². The molecule has 2 aromatic rings. The summed E-state index contributed by atoms with van der Waals surface area (Å²) in [4.78, 5) is 12.1. The van der Waals surface area contributed by atoms with Crippen LogP contribution in [-0.4, -0.2) is 35.8 Å². The number of nitrogen functional groups attached to an aromatic ring is 1. The maximum absolute atomic E-state index is 5.68. The number of anilines is 2. The second kappa shape index (κ2) is 5.28. The van der Waals surface area contributed by atoms with Gasteiger partial charge < -0.3 is 9.64 Å². The van der Waals surface area contributed by atoms with Crippen LogP contribution in [0.2, 0.25) is 0 Å². The van der Waals surface area contributed by atoms with Gasteiger partial charge in [0.1, 0.15) is 10.6 Å². The third-order valence-corrected chi connectivity index (χ3v) is 3.99. The molecule has 1 saturated heterocycles. The van der Waals surface area contributed by atoms with E-state index in [1.54, 1.807) is 11.3 Å². The highest BCUT2D eigenvalue weighted by Gasteiger charge is 2.20. The van der Waals surface area contributed by atoms with Gasteiger partial charge in [-0.15, -0.1) is 11.3 Å². The zero-order chi connectivity index (χ0) is 13.2. The van der Waals surface area contributed by atoms with Gasteiger partial charge >= 0.3 is 0 Å². The normalized spacial score (nSPS) is 20.5. The number of hydrogen-bond acceptors (Lipinski definition) is 7. The first-order valence-corrected chi connectivity index (χ1v) is 7.24. The molecule has 0 bridgehead atoms. The Morgan fingerprint density at radius 2 is 2.42 bits per heavy atom. The Morgan fingerprint density at radius 3 is 3.26 bits per heavy atom. The number of thiophene rings is 1. The second-order valence-electron chi connectivity index (χ2n) is 4.64. The van der Waals surface area contributed by atoms with Gasteiger partial charge in [-0.3, -0.25) is 5.43 Å². The standard InChI is InChI=1S/C12H17N5OS/c1-8-7-17(4-2-5-18-8)10-9-3-6-19-11(9)15-12(14-10)16-13/h3,6,8H,2,4-5,7,13H2,1H3,(H,14,15,16). The zero-order valence-corrected chi connectivity index (χ0v) is 11.6. The average molecular weight is 279 g/mol. The van der Waals surface area contributed by atoms with Crippen LogP contribution in [0.1, 0.15) is 13.3 Å². The van der Waals surface area contributed by atoms with Crippen LogP contribution >= 0.6 is 11.3 Å². The number of nitrogens with two attached hydrogens (primary N) is 1. The topological polar surface area (TPSA) is 76.3 Å². The lowest BCUT2D eigenvalue weighted by atomic mass is 10.3. The Balaban J connectivity index is 2.04. The van der Waals surface area contributed by atoms with E-state index < -0.39 is 0 Å². The smallest absolute Gasteiger partial charge is 0.240 e.